The van der Waals surface area contributed by atoms with E-state index in [0.29, 0.717) is 11.7 Å². The third kappa shape index (κ3) is 4.55. The van der Waals surface area contributed by atoms with Crippen molar-refractivity contribution in [1.82, 2.24) is 5.32 Å². The van der Waals surface area contributed by atoms with E-state index in [4.69, 9.17) is 4.74 Å². The molecule has 0 aromatic heterocycles. The fourth-order valence-corrected chi connectivity index (χ4v) is 2.83. The average molecular weight is 330 g/mol. The molecule has 4 heteroatoms. The van der Waals surface area contributed by atoms with E-state index >= 15 is 0 Å². The van der Waals surface area contributed by atoms with Gasteiger partial charge in [-0.15, -0.1) is 0 Å². The van der Waals surface area contributed by atoms with Gasteiger partial charge in [-0.1, -0.05) is 15.9 Å². The lowest BCUT2D eigenvalue weighted by molar-refractivity contribution is 0.0112. The van der Waals surface area contributed by atoms with Crippen LogP contribution in [0.4, 0.5) is 4.39 Å². The van der Waals surface area contributed by atoms with Gasteiger partial charge >= 0.3 is 0 Å². The van der Waals surface area contributed by atoms with E-state index in [1.807, 2.05) is 13.0 Å². The van der Waals surface area contributed by atoms with E-state index in [1.165, 1.54) is 18.9 Å². The van der Waals surface area contributed by atoms with Gasteiger partial charge in [-0.25, -0.2) is 4.39 Å². The Morgan fingerprint density at radius 1 is 1.47 bits per heavy atom. The first-order valence-electron chi connectivity index (χ1n) is 6.97. The number of benzene rings is 1. The van der Waals surface area contributed by atoms with Crippen LogP contribution in [0.3, 0.4) is 0 Å². The maximum Gasteiger partial charge on any atom is 0.128 e. The van der Waals surface area contributed by atoms with Gasteiger partial charge < -0.3 is 10.1 Å². The van der Waals surface area contributed by atoms with Gasteiger partial charge in [-0.3, -0.25) is 0 Å². The molecule has 0 radical (unpaired) electrons. The minimum Gasteiger partial charge on any atom is -0.378 e. The standard InChI is InChI=1S/C15H21BrFNO/c1-11(14-10-12(16)5-6-15(14)17)18-8-7-13-4-2-3-9-19-13/h5-6,10-11,13,18H,2-4,7-9H2,1H3. The minimum absolute atomic E-state index is 0.0149. The molecule has 0 spiro atoms. The van der Waals surface area contributed by atoms with Gasteiger partial charge in [0.15, 0.2) is 0 Å². The summed E-state index contributed by atoms with van der Waals surface area (Å²) in [5.41, 5.74) is 0.707. The summed E-state index contributed by atoms with van der Waals surface area (Å²) < 4.78 is 20.3. The van der Waals surface area contributed by atoms with E-state index in [0.717, 1.165) is 30.5 Å². The molecular formula is C15H21BrFNO. The fraction of sp³-hybridized carbons (Fsp3) is 0.600. The monoisotopic (exact) mass is 329 g/mol. The topological polar surface area (TPSA) is 21.3 Å². The summed E-state index contributed by atoms with van der Waals surface area (Å²) in [5.74, 6) is -0.155. The van der Waals surface area contributed by atoms with Crippen molar-refractivity contribution in [3.63, 3.8) is 0 Å². The van der Waals surface area contributed by atoms with Crippen molar-refractivity contribution in [2.75, 3.05) is 13.2 Å². The molecule has 0 aliphatic carbocycles. The predicted octanol–water partition coefficient (Wildman–Crippen LogP) is 4.20. The highest BCUT2D eigenvalue weighted by atomic mass is 79.9. The lowest BCUT2D eigenvalue weighted by atomic mass is 10.1. The largest absolute Gasteiger partial charge is 0.378 e. The molecule has 0 saturated carbocycles. The Bertz CT molecular complexity index is 407. The van der Waals surface area contributed by atoms with Crippen LogP contribution in [0.5, 0.6) is 0 Å². The Balaban J connectivity index is 1.80. The molecule has 1 aromatic carbocycles. The van der Waals surface area contributed by atoms with Gasteiger partial charge in [0.2, 0.25) is 0 Å². The highest BCUT2D eigenvalue weighted by Gasteiger charge is 2.15. The van der Waals surface area contributed by atoms with Crippen LogP contribution in [0.15, 0.2) is 22.7 Å². The summed E-state index contributed by atoms with van der Waals surface area (Å²) in [6.07, 6.45) is 4.98. The number of nitrogens with one attached hydrogen (secondary N) is 1. The fourth-order valence-electron chi connectivity index (χ4n) is 2.45. The Morgan fingerprint density at radius 3 is 3.05 bits per heavy atom. The molecule has 0 amide bonds. The van der Waals surface area contributed by atoms with Crippen LogP contribution in [0.25, 0.3) is 0 Å². The summed E-state index contributed by atoms with van der Waals surface area (Å²) in [4.78, 5) is 0. The molecule has 1 fully saturated rings. The number of hydrogen-bond acceptors (Lipinski definition) is 2. The highest BCUT2D eigenvalue weighted by Crippen LogP contribution is 2.22. The first-order valence-corrected chi connectivity index (χ1v) is 7.76. The number of halogens is 2. The third-order valence-electron chi connectivity index (χ3n) is 3.62. The number of ether oxygens (including phenoxy) is 1. The molecule has 1 N–H and O–H groups in total. The summed E-state index contributed by atoms with van der Waals surface area (Å²) >= 11 is 3.38. The van der Waals surface area contributed by atoms with Crippen LogP contribution >= 0.6 is 15.9 Å². The molecule has 1 saturated heterocycles. The molecule has 1 aliphatic rings. The number of hydrogen-bond donors (Lipinski definition) is 1. The Labute approximate surface area is 122 Å². The van der Waals surface area contributed by atoms with E-state index in [-0.39, 0.29) is 11.9 Å². The van der Waals surface area contributed by atoms with Crippen molar-refractivity contribution in [3.8, 4) is 0 Å². The molecule has 2 nitrogen and oxygen atoms in total. The average Bonchev–Trinajstić information content (AvgIpc) is 2.42. The van der Waals surface area contributed by atoms with E-state index in [9.17, 15) is 4.39 Å². The van der Waals surface area contributed by atoms with Crippen molar-refractivity contribution in [1.29, 1.82) is 0 Å². The van der Waals surface area contributed by atoms with Gasteiger partial charge in [0, 0.05) is 22.7 Å². The molecule has 19 heavy (non-hydrogen) atoms. The van der Waals surface area contributed by atoms with E-state index < -0.39 is 0 Å². The Morgan fingerprint density at radius 2 is 2.32 bits per heavy atom. The normalized spacial score (nSPS) is 21.3. The smallest absolute Gasteiger partial charge is 0.128 e. The Kier molecular flexibility index (Phi) is 5.79. The van der Waals surface area contributed by atoms with Crippen LogP contribution < -0.4 is 5.32 Å². The molecule has 1 heterocycles. The number of rotatable bonds is 5. The summed E-state index contributed by atoms with van der Waals surface area (Å²) in [6.45, 7) is 3.74. The van der Waals surface area contributed by atoms with E-state index in [2.05, 4.69) is 21.2 Å². The molecule has 106 valence electrons. The lowest BCUT2D eigenvalue weighted by Crippen LogP contribution is -2.27. The Hall–Kier alpha value is -0.450. The van der Waals surface area contributed by atoms with Crippen LogP contribution in [0.2, 0.25) is 0 Å². The molecule has 2 unspecified atom stereocenters. The molecule has 1 aromatic rings. The summed E-state index contributed by atoms with van der Waals surface area (Å²) in [6, 6.07) is 5.08. The molecule has 2 rings (SSSR count). The first-order chi connectivity index (χ1) is 9.16. The van der Waals surface area contributed by atoms with Crippen molar-refractivity contribution in [2.24, 2.45) is 0 Å². The summed E-state index contributed by atoms with van der Waals surface area (Å²) in [7, 11) is 0. The van der Waals surface area contributed by atoms with Crippen molar-refractivity contribution < 1.29 is 9.13 Å². The van der Waals surface area contributed by atoms with Crippen LogP contribution in [0.1, 0.15) is 44.2 Å². The van der Waals surface area contributed by atoms with Gasteiger partial charge in [0.25, 0.3) is 0 Å². The third-order valence-corrected chi connectivity index (χ3v) is 4.11. The summed E-state index contributed by atoms with van der Waals surface area (Å²) in [5, 5.41) is 3.37. The predicted molar refractivity (Wildman–Crippen MR) is 78.7 cm³/mol. The second-order valence-electron chi connectivity index (χ2n) is 5.12. The van der Waals surface area contributed by atoms with Gasteiger partial charge in [0.05, 0.1) is 6.10 Å². The van der Waals surface area contributed by atoms with Gasteiger partial charge in [-0.2, -0.15) is 0 Å². The van der Waals surface area contributed by atoms with E-state index in [1.54, 1.807) is 6.07 Å². The molecular weight excluding hydrogens is 309 g/mol. The molecule has 1 aliphatic heterocycles. The SMILES string of the molecule is CC(NCCC1CCCCO1)c1cc(Br)ccc1F. The highest BCUT2D eigenvalue weighted by molar-refractivity contribution is 9.10. The second-order valence-corrected chi connectivity index (χ2v) is 6.03. The van der Waals surface area contributed by atoms with Crippen molar-refractivity contribution in [3.05, 3.63) is 34.1 Å². The first kappa shape index (κ1) is 14.9. The van der Waals surface area contributed by atoms with Crippen molar-refractivity contribution >= 4 is 15.9 Å². The molecule has 2 atom stereocenters. The quantitative estimate of drug-likeness (QED) is 0.874. The minimum atomic E-state index is -0.155. The van der Waals surface area contributed by atoms with Crippen molar-refractivity contribution in [2.45, 2.75) is 44.8 Å². The zero-order chi connectivity index (χ0) is 13.7. The van der Waals surface area contributed by atoms with Crippen LogP contribution in [-0.2, 0) is 4.74 Å². The second kappa shape index (κ2) is 7.36. The zero-order valence-corrected chi connectivity index (χ0v) is 12.9. The van der Waals surface area contributed by atoms with Crippen LogP contribution in [0, 0.1) is 5.82 Å². The lowest BCUT2D eigenvalue weighted by Gasteiger charge is -2.23. The zero-order valence-electron chi connectivity index (χ0n) is 11.3. The van der Waals surface area contributed by atoms with Crippen LogP contribution in [-0.4, -0.2) is 19.3 Å². The van der Waals surface area contributed by atoms with Gasteiger partial charge in [0.1, 0.15) is 5.82 Å². The maximum absolute atomic E-state index is 13.7. The van der Waals surface area contributed by atoms with Gasteiger partial charge in [-0.05, 0) is 57.4 Å². The molecule has 0 bridgehead atoms. The maximum atomic E-state index is 13.7.